The van der Waals surface area contributed by atoms with Crippen LogP contribution in [0.5, 0.6) is 5.75 Å². The van der Waals surface area contributed by atoms with Crippen molar-refractivity contribution in [2.75, 3.05) is 13.1 Å². The Kier molecular flexibility index (Phi) is 5.80. The molecule has 0 amide bonds. The Balaban J connectivity index is 1.49. The molecular weight excluding hydrogens is 306 g/mol. The summed E-state index contributed by atoms with van der Waals surface area (Å²) in [6, 6.07) is 19.5. The second-order valence-corrected chi connectivity index (χ2v) is 7.84. The summed E-state index contributed by atoms with van der Waals surface area (Å²) < 4.78 is 6.23. The van der Waals surface area contributed by atoms with Gasteiger partial charge in [-0.15, -0.1) is 0 Å². The molecular formula is C23H31NO. The monoisotopic (exact) mass is 337 g/mol. The van der Waals surface area contributed by atoms with Crippen LogP contribution in [-0.2, 0) is 12.0 Å². The van der Waals surface area contributed by atoms with Crippen LogP contribution < -0.4 is 4.74 Å². The van der Waals surface area contributed by atoms with Crippen LogP contribution in [0.3, 0.4) is 0 Å². The van der Waals surface area contributed by atoms with Gasteiger partial charge in [-0.3, -0.25) is 4.90 Å². The SMILES string of the molecule is CCC(C)(C)c1ccc(OC2CCN(Cc3ccccc3)CC2)cc1. The molecule has 0 N–H and O–H groups in total. The van der Waals surface area contributed by atoms with E-state index in [9.17, 15) is 0 Å². The van der Waals surface area contributed by atoms with Crippen LogP contribution in [0, 0.1) is 0 Å². The molecule has 1 fully saturated rings. The molecule has 0 bridgehead atoms. The van der Waals surface area contributed by atoms with Crippen molar-refractivity contribution in [3.63, 3.8) is 0 Å². The van der Waals surface area contributed by atoms with E-state index in [1.165, 1.54) is 11.1 Å². The first-order valence-electron chi connectivity index (χ1n) is 9.60. The molecule has 2 heteroatoms. The lowest BCUT2D eigenvalue weighted by molar-refractivity contribution is 0.0968. The predicted octanol–water partition coefficient (Wildman–Crippen LogP) is 5.42. The van der Waals surface area contributed by atoms with E-state index >= 15 is 0 Å². The van der Waals surface area contributed by atoms with Crippen molar-refractivity contribution in [2.45, 2.75) is 58.1 Å². The highest BCUT2D eigenvalue weighted by molar-refractivity contribution is 5.31. The quantitative estimate of drug-likeness (QED) is 0.698. The Morgan fingerprint density at radius 3 is 2.20 bits per heavy atom. The zero-order chi connectivity index (χ0) is 17.7. The lowest BCUT2D eigenvalue weighted by Crippen LogP contribution is -2.37. The van der Waals surface area contributed by atoms with Gasteiger partial charge in [-0.05, 0) is 47.9 Å². The molecule has 0 unspecified atom stereocenters. The Hall–Kier alpha value is -1.80. The standard InChI is InChI=1S/C23H31NO/c1-4-23(2,3)20-10-12-21(13-11-20)25-22-14-16-24(17-15-22)18-19-8-6-5-7-9-19/h5-13,22H,4,14-18H2,1-3H3. The molecule has 0 spiro atoms. The molecule has 0 aliphatic carbocycles. The number of rotatable bonds is 6. The largest absolute Gasteiger partial charge is 0.490 e. The van der Waals surface area contributed by atoms with Gasteiger partial charge in [-0.2, -0.15) is 0 Å². The number of nitrogens with zero attached hydrogens (tertiary/aromatic N) is 1. The minimum Gasteiger partial charge on any atom is -0.490 e. The lowest BCUT2D eigenvalue weighted by Gasteiger charge is -2.32. The van der Waals surface area contributed by atoms with E-state index in [-0.39, 0.29) is 5.41 Å². The highest BCUT2D eigenvalue weighted by Gasteiger charge is 2.21. The van der Waals surface area contributed by atoms with E-state index in [0.29, 0.717) is 6.10 Å². The third-order valence-electron chi connectivity index (χ3n) is 5.61. The van der Waals surface area contributed by atoms with Crippen molar-refractivity contribution in [1.82, 2.24) is 4.90 Å². The van der Waals surface area contributed by atoms with Crippen molar-refractivity contribution in [3.8, 4) is 5.75 Å². The second-order valence-electron chi connectivity index (χ2n) is 7.84. The summed E-state index contributed by atoms with van der Waals surface area (Å²) in [6.45, 7) is 10.1. The maximum atomic E-state index is 6.23. The number of likely N-dealkylation sites (tertiary alicyclic amines) is 1. The molecule has 1 aliphatic rings. The molecule has 2 aromatic carbocycles. The molecule has 0 saturated carbocycles. The highest BCUT2D eigenvalue weighted by atomic mass is 16.5. The summed E-state index contributed by atoms with van der Waals surface area (Å²) in [5.74, 6) is 1.01. The summed E-state index contributed by atoms with van der Waals surface area (Å²) in [5, 5.41) is 0. The van der Waals surface area contributed by atoms with Gasteiger partial charge in [0.15, 0.2) is 0 Å². The maximum absolute atomic E-state index is 6.23. The van der Waals surface area contributed by atoms with E-state index in [0.717, 1.165) is 44.6 Å². The summed E-state index contributed by atoms with van der Waals surface area (Å²) in [6.07, 6.45) is 3.70. The van der Waals surface area contributed by atoms with E-state index < -0.39 is 0 Å². The smallest absolute Gasteiger partial charge is 0.119 e. The molecule has 1 saturated heterocycles. The van der Waals surface area contributed by atoms with Gasteiger partial charge in [-0.25, -0.2) is 0 Å². The number of ether oxygens (including phenoxy) is 1. The third-order valence-corrected chi connectivity index (χ3v) is 5.61. The van der Waals surface area contributed by atoms with Crippen molar-refractivity contribution in [1.29, 1.82) is 0 Å². The molecule has 3 rings (SSSR count). The van der Waals surface area contributed by atoms with Crippen molar-refractivity contribution in [3.05, 3.63) is 65.7 Å². The summed E-state index contributed by atoms with van der Waals surface area (Å²) in [5.41, 5.74) is 3.03. The second kappa shape index (κ2) is 8.05. The van der Waals surface area contributed by atoms with Gasteiger partial charge < -0.3 is 4.74 Å². The van der Waals surface area contributed by atoms with Crippen LogP contribution in [0.1, 0.15) is 51.2 Å². The van der Waals surface area contributed by atoms with E-state index in [1.54, 1.807) is 0 Å². The van der Waals surface area contributed by atoms with E-state index in [4.69, 9.17) is 4.74 Å². The summed E-state index contributed by atoms with van der Waals surface area (Å²) in [4.78, 5) is 2.53. The Labute approximate surface area is 152 Å². The minimum absolute atomic E-state index is 0.237. The minimum atomic E-state index is 0.237. The zero-order valence-electron chi connectivity index (χ0n) is 15.9. The van der Waals surface area contributed by atoms with Crippen LogP contribution in [0.4, 0.5) is 0 Å². The third kappa shape index (κ3) is 4.85. The van der Waals surface area contributed by atoms with Gasteiger partial charge in [0.2, 0.25) is 0 Å². The van der Waals surface area contributed by atoms with Gasteiger partial charge in [0.1, 0.15) is 11.9 Å². The predicted molar refractivity (Wildman–Crippen MR) is 105 cm³/mol. The topological polar surface area (TPSA) is 12.5 Å². The maximum Gasteiger partial charge on any atom is 0.119 e. The van der Waals surface area contributed by atoms with Gasteiger partial charge in [0.05, 0.1) is 0 Å². The highest BCUT2D eigenvalue weighted by Crippen LogP contribution is 2.29. The molecule has 1 aliphatic heterocycles. The zero-order valence-corrected chi connectivity index (χ0v) is 15.9. The first kappa shape index (κ1) is 18.0. The average molecular weight is 338 g/mol. The molecule has 2 nitrogen and oxygen atoms in total. The first-order valence-corrected chi connectivity index (χ1v) is 9.60. The molecule has 0 radical (unpaired) electrons. The summed E-state index contributed by atoms with van der Waals surface area (Å²) >= 11 is 0. The van der Waals surface area contributed by atoms with Gasteiger partial charge in [0, 0.05) is 19.6 Å². The molecule has 2 aromatic rings. The fourth-order valence-electron chi connectivity index (χ4n) is 3.41. The Morgan fingerprint density at radius 1 is 0.960 bits per heavy atom. The van der Waals surface area contributed by atoms with Crippen LogP contribution in [0.15, 0.2) is 54.6 Å². The van der Waals surface area contributed by atoms with Crippen molar-refractivity contribution in [2.24, 2.45) is 0 Å². The fraction of sp³-hybridized carbons (Fsp3) is 0.478. The number of hydrogen-bond acceptors (Lipinski definition) is 2. The molecule has 134 valence electrons. The lowest BCUT2D eigenvalue weighted by atomic mass is 9.82. The van der Waals surface area contributed by atoms with Crippen molar-refractivity contribution >= 4 is 0 Å². The number of benzene rings is 2. The van der Waals surface area contributed by atoms with E-state index in [2.05, 4.69) is 80.3 Å². The van der Waals surface area contributed by atoms with E-state index in [1.807, 2.05) is 0 Å². The van der Waals surface area contributed by atoms with Gasteiger partial charge in [-0.1, -0.05) is 63.2 Å². The van der Waals surface area contributed by atoms with Crippen LogP contribution in [-0.4, -0.2) is 24.1 Å². The Bertz CT molecular complexity index is 640. The molecule has 25 heavy (non-hydrogen) atoms. The average Bonchev–Trinajstić information content (AvgIpc) is 2.65. The number of piperidine rings is 1. The summed E-state index contributed by atoms with van der Waals surface area (Å²) in [7, 11) is 0. The van der Waals surface area contributed by atoms with Crippen LogP contribution in [0.25, 0.3) is 0 Å². The van der Waals surface area contributed by atoms with Crippen molar-refractivity contribution < 1.29 is 4.74 Å². The van der Waals surface area contributed by atoms with Crippen LogP contribution >= 0.6 is 0 Å². The van der Waals surface area contributed by atoms with Gasteiger partial charge >= 0.3 is 0 Å². The molecule has 0 aromatic heterocycles. The normalized spacial score (nSPS) is 16.8. The molecule has 0 atom stereocenters. The van der Waals surface area contributed by atoms with Crippen LogP contribution in [0.2, 0.25) is 0 Å². The molecule has 1 heterocycles. The number of hydrogen-bond donors (Lipinski definition) is 0. The Morgan fingerprint density at radius 2 is 1.60 bits per heavy atom. The first-order chi connectivity index (χ1) is 12.1. The van der Waals surface area contributed by atoms with Gasteiger partial charge in [0.25, 0.3) is 0 Å². The fourth-order valence-corrected chi connectivity index (χ4v) is 3.41.